The van der Waals surface area contributed by atoms with Gasteiger partial charge in [-0.3, -0.25) is 0 Å². The minimum atomic E-state index is -1.93. The third-order valence-corrected chi connectivity index (χ3v) is 5.75. The lowest BCUT2D eigenvalue weighted by molar-refractivity contribution is 0.244. The van der Waals surface area contributed by atoms with Crippen LogP contribution in [0.3, 0.4) is 0 Å². The summed E-state index contributed by atoms with van der Waals surface area (Å²) in [5, 5.41) is 0. The van der Waals surface area contributed by atoms with Crippen LogP contribution < -0.4 is 0 Å². The summed E-state index contributed by atoms with van der Waals surface area (Å²) in [5.41, 5.74) is 0. The van der Waals surface area contributed by atoms with E-state index in [4.69, 9.17) is 8.85 Å². The Morgan fingerprint density at radius 3 is 2.33 bits per heavy atom. The minimum absolute atomic E-state index is 0.855. The Morgan fingerprint density at radius 2 is 2.00 bits per heavy atom. The van der Waals surface area contributed by atoms with Crippen LogP contribution in [0.1, 0.15) is 6.42 Å². The smallest absolute Gasteiger partial charge is 0.341 e. The minimum Gasteiger partial charge on any atom is -0.397 e. The van der Waals surface area contributed by atoms with E-state index in [-0.39, 0.29) is 0 Å². The molecule has 0 aromatic rings. The van der Waals surface area contributed by atoms with Crippen molar-refractivity contribution in [2.75, 3.05) is 20.0 Å². The maximum atomic E-state index is 5.44. The highest BCUT2D eigenvalue weighted by atomic mass is 32.1. The van der Waals surface area contributed by atoms with Gasteiger partial charge < -0.3 is 8.85 Å². The second-order valence-corrected chi connectivity index (χ2v) is 6.63. The molecule has 0 spiro atoms. The molecule has 12 heavy (non-hydrogen) atoms. The Morgan fingerprint density at radius 1 is 1.42 bits per heavy atom. The van der Waals surface area contributed by atoms with Crippen LogP contribution in [0.15, 0.2) is 12.7 Å². The van der Waals surface area contributed by atoms with Crippen LogP contribution in [0.5, 0.6) is 0 Å². The molecule has 0 bridgehead atoms. The van der Waals surface area contributed by atoms with Crippen LogP contribution in [0.25, 0.3) is 0 Å². The number of hydrogen-bond donors (Lipinski definition) is 1. The van der Waals surface area contributed by atoms with Gasteiger partial charge in [0, 0.05) is 20.3 Å². The zero-order valence-electron chi connectivity index (χ0n) is 7.88. The molecule has 0 aliphatic rings. The van der Waals surface area contributed by atoms with Crippen molar-refractivity contribution >= 4 is 21.2 Å². The molecule has 0 aromatic heterocycles. The first-order valence-electron chi connectivity index (χ1n) is 4.06. The van der Waals surface area contributed by atoms with Crippen molar-refractivity contribution in [3.05, 3.63) is 12.7 Å². The summed E-state index contributed by atoms with van der Waals surface area (Å²) in [7, 11) is 1.51. The molecular formula is C8H18O2SSi. The molecule has 0 saturated heterocycles. The van der Waals surface area contributed by atoms with Gasteiger partial charge in [0.2, 0.25) is 0 Å². The molecule has 0 fully saturated rings. The van der Waals surface area contributed by atoms with E-state index in [1.54, 1.807) is 14.2 Å². The molecule has 0 amide bonds. The van der Waals surface area contributed by atoms with E-state index in [1.165, 1.54) is 0 Å². The van der Waals surface area contributed by atoms with Gasteiger partial charge in [0.25, 0.3) is 0 Å². The van der Waals surface area contributed by atoms with Gasteiger partial charge in [-0.1, -0.05) is 6.08 Å². The van der Waals surface area contributed by atoms with Crippen molar-refractivity contribution in [1.82, 2.24) is 0 Å². The molecule has 0 aliphatic carbocycles. The van der Waals surface area contributed by atoms with E-state index in [0.29, 0.717) is 0 Å². The molecule has 2 nitrogen and oxygen atoms in total. The predicted octanol–water partition coefficient (Wildman–Crippen LogP) is 2.23. The largest absolute Gasteiger partial charge is 0.397 e. The summed E-state index contributed by atoms with van der Waals surface area (Å²) < 4.78 is 10.9. The highest BCUT2D eigenvalue weighted by Gasteiger charge is 2.32. The molecule has 0 N–H and O–H groups in total. The first-order valence-corrected chi connectivity index (χ1v) is 6.93. The maximum Gasteiger partial charge on any atom is 0.341 e. The van der Waals surface area contributed by atoms with Gasteiger partial charge in [0.15, 0.2) is 0 Å². The van der Waals surface area contributed by atoms with E-state index in [9.17, 15) is 0 Å². The summed E-state index contributed by atoms with van der Waals surface area (Å²) >= 11 is 4.16. The molecule has 0 aromatic carbocycles. The first-order chi connectivity index (χ1) is 5.74. The van der Waals surface area contributed by atoms with Crippen molar-refractivity contribution in [2.45, 2.75) is 18.5 Å². The zero-order chi connectivity index (χ0) is 9.45. The molecule has 72 valence electrons. The summed E-state index contributed by atoms with van der Waals surface area (Å²) in [6, 6.07) is 1.85. The standard InChI is InChI=1S/C8H18O2SSi/c1-4-7-12(9-2,10-3)8-5-6-11/h4,11H,1,5-8H2,2-3H3. The molecule has 0 heterocycles. The highest BCUT2D eigenvalue weighted by molar-refractivity contribution is 7.80. The third-order valence-electron chi connectivity index (χ3n) is 1.92. The molecule has 0 saturated carbocycles. The van der Waals surface area contributed by atoms with Gasteiger partial charge in [-0.05, 0) is 18.2 Å². The van der Waals surface area contributed by atoms with E-state index < -0.39 is 8.56 Å². The zero-order valence-corrected chi connectivity index (χ0v) is 9.77. The van der Waals surface area contributed by atoms with Crippen molar-refractivity contribution in [3.8, 4) is 0 Å². The summed E-state index contributed by atoms with van der Waals surface area (Å²) in [5.74, 6) is 0.888. The SMILES string of the molecule is C=CC[Si](CCCS)(OC)OC. The second-order valence-electron chi connectivity index (χ2n) is 2.64. The summed E-state index contributed by atoms with van der Waals surface area (Å²) in [6.45, 7) is 3.71. The summed E-state index contributed by atoms with van der Waals surface area (Å²) in [4.78, 5) is 0. The molecule has 4 heteroatoms. The fourth-order valence-electron chi connectivity index (χ4n) is 1.12. The number of allylic oxidation sites excluding steroid dienone is 1. The second kappa shape index (κ2) is 6.71. The van der Waals surface area contributed by atoms with Gasteiger partial charge in [0.1, 0.15) is 0 Å². The third kappa shape index (κ3) is 3.76. The van der Waals surface area contributed by atoms with Crippen LogP contribution in [-0.4, -0.2) is 28.5 Å². The molecular weight excluding hydrogens is 188 g/mol. The average Bonchev–Trinajstić information content (AvgIpc) is 2.13. The van der Waals surface area contributed by atoms with Crippen LogP contribution in [-0.2, 0) is 8.85 Å². The van der Waals surface area contributed by atoms with Crippen molar-refractivity contribution in [1.29, 1.82) is 0 Å². The first kappa shape index (κ1) is 12.2. The van der Waals surface area contributed by atoms with Crippen LogP contribution >= 0.6 is 12.6 Å². The van der Waals surface area contributed by atoms with Gasteiger partial charge in [-0.2, -0.15) is 12.6 Å². The predicted molar refractivity (Wildman–Crippen MR) is 58.1 cm³/mol. The quantitative estimate of drug-likeness (QED) is 0.391. The molecule has 0 unspecified atom stereocenters. The molecule has 0 aliphatic heterocycles. The van der Waals surface area contributed by atoms with Crippen molar-refractivity contribution < 1.29 is 8.85 Å². The fraction of sp³-hybridized carbons (Fsp3) is 0.750. The van der Waals surface area contributed by atoms with E-state index in [1.807, 2.05) is 6.08 Å². The van der Waals surface area contributed by atoms with Crippen molar-refractivity contribution in [2.24, 2.45) is 0 Å². The Labute approximate surface area is 81.6 Å². The van der Waals surface area contributed by atoms with Gasteiger partial charge in [-0.15, -0.1) is 6.58 Å². The Hall–Kier alpha value is 0.227. The molecule has 0 atom stereocenters. The van der Waals surface area contributed by atoms with Crippen LogP contribution in [0, 0.1) is 0 Å². The Kier molecular flexibility index (Phi) is 6.84. The molecule has 0 rings (SSSR count). The normalized spacial score (nSPS) is 11.6. The number of rotatable bonds is 7. The van der Waals surface area contributed by atoms with E-state index in [2.05, 4.69) is 19.2 Å². The molecule has 0 radical (unpaired) electrons. The fourth-order valence-corrected chi connectivity index (χ4v) is 3.85. The summed E-state index contributed by atoms with van der Waals surface area (Å²) in [6.07, 6.45) is 2.92. The van der Waals surface area contributed by atoms with Crippen LogP contribution in [0.2, 0.25) is 12.1 Å². The highest BCUT2D eigenvalue weighted by Crippen LogP contribution is 2.19. The topological polar surface area (TPSA) is 18.5 Å². The number of thiol groups is 1. The average molecular weight is 206 g/mol. The lowest BCUT2D eigenvalue weighted by Crippen LogP contribution is -2.39. The lowest BCUT2D eigenvalue weighted by atomic mass is 10.6. The Balaban J connectivity index is 4.03. The maximum absolute atomic E-state index is 5.44. The van der Waals surface area contributed by atoms with Crippen LogP contribution in [0.4, 0.5) is 0 Å². The Bertz CT molecular complexity index is 126. The van der Waals surface area contributed by atoms with Gasteiger partial charge in [0.05, 0.1) is 0 Å². The van der Waals surface area contributed by atoms with E-state index >= 15 is 0 Å². The van der Waals surface area contributed by atoms with E-state index in [0.717, 1.165) is 24.3 Å². The van der Waals surface area contributed by atoms with Crippen molar-refractivity contribution in [3.63, 3.8) is 0 Å². The van der Waals surface area contributed by atoms with Gasteiger partial charge in [-0.25, -0.2) is 0 Å². The lowest BCUT2D eigenvalue weighted by Gasteiger charge is -2.25. The van der Waals surface area contributed by atoms with Gasteiger partial charge >= 0.3 is 8.56 Å². The number of hydrogen-bond acceptors (Lipinski definition) is 3. The monoisotopic (exact) mass is 206 g/mol.